The van der Waals surface area contributed by atoms with Crippen LogP contribution in [-0.2, 0) is 10.3 Å². The number of amides is 3. The van der Waals surface area contributed by atoms with Gasteiger partial charge < -0.3 is 14.8 Å². The van der Waals surface area contributed by atoms with Crippen LogP contribution in [-0.4, -0.2) is 25.7 Å². The molecular formula is C18H18N2O4. The number of methoxy groups -OCH3 is 1. The lowest BCUT2D eigenvalue weighted by Gasteiger charge is -2.27. The molecule has 1 saturated heterocycles. The molecule has 0 radical (unpaired) electrons. The molecule has 124 valence electrons. The Morgan fingerprint density at radius 1 is 1.04 bits per heavy atom. The topological polar surface area (TPSA) is 76.7 Å². The lowest BCUT2D eigenvalue weighted by atomic mass is 9.90. The van der Waals surface area contributed by atoms with Gasteiger partial charge in [0.1, 0.15) is 18.1 Å². The number of hydrogen-bond donors (Lipinski definition) is 2. The SMILES string of the molecule is COc1cccc(C2(COc3ccc(C)cc3)NC(=O)NC2=O)c1. The Labute approximate surface area is 139 Å². The summed E-state index contributed by atoms with van der Waals surface area (Å²) in [6, 6.07) is 13.9. The molecule has 2 aromatic rings. The van der Waals surface area contributed by atoms with Crippen molar-refractivity contribution in [3.8, 4) is 11.5 Å². The van der Waals surface area contributed by atoms with Crippen LogP contribution in [0.15, 0.2) is 48.5 Å². The van der Waals surface area contributed by atoms with Gasteiger partial charge in [-0.15, -0.1) is 0 Å². The van der Waals surface area contributed by atoms with E-state index in [4.69, 9.17) is 9.47 Å². The summed E-state index contributed by atoms with van der Waals surface area (Å²) in [5.74, 6) is 0.765. The number of benzene rings is 2. The molecule has 3 amide bonds. The first-order chi connectivity index (χ1) is 11.5. The van der Waals surface area contributed by atoms with Crippen LogP contribution in [0.4, 0.5) is 4.79 Å². The van der Waals surface area contributed by atoms with Gasteiger partial charge in [0, 0.05) is 0 Å². The van der Waals surface area contributed by atoms with E-state index < -0.39 is 17.5 Å². The van der Waals surface area contributed by atoms with Crippen molar-refractivity contribution in [1.29, 1.82) is 0 Å². The van der Waals surface area contributed by atoms with Gasteiger partial charge in [0.25, 0.3) is 5.91 Å². The maximum Gasteiger partial charge on any atom is 0.322 e. The smallest absolute Gasteiger partial charge is 0.322 e. The number of nitrogens with one attached hydrogen (secondary N) is 2. The zero-order valence-electron chi connectivity index (χ0n) is 13.5. The lowest BCUT2D eigenvalue weighted by molar-refractivity contribution is -0.125. The first kappa shape index (κ1) is 15.9. The third-order valence-corrected chi connectivity index (χ3v) is 3.98. The molecule has 0 spiro atoms. The molecular weight excluding hydrogens is 308 g/mol. The molecule has 2 aromatic carbocycles. The molecule has 24 heavy (non-hydrogen) atoms. The molecule has 3 rings (SSSR count). The summed E-state index contributed by atoms with van der Waals surface area (Å²) in [6.07, 6.45) is 0. The molecule has 1 unspecified atom stereocenters. The predicted octanol–water partition coefficient (Wildman–Crippen LogP) is 2.12. The quantitative estimate of drug-likeness (QED) is 0.825. The minimum Gasteiger partial charge on any atom is -0.497 e. The zero-order chi connectivity index (χ0) is 17.2. The number of carbonyl (C=O) groups excluding carboxylic acids is 2. The minimum atomic E-state index is -1.30. The molecule has 1 atom stereocenters. The van der Waals surface area contributed by atoms with E-state index in [0.717, 1.165) is 5.56 Å². The summed E-state index contributed by atoms with van der Waals surface area (Å²) in [4.78, 5) is 24.2. The first-order valence-electron chi connectivity index (χ1n) is 7.51. The summed E-state index contributed by atoms with van der Waals surface area (Å²) in [5.41, 5.74) is 0.408. The number of rotatable bonds is 5. The van der Waals surface area contributed by atoms with Crippen molar-refractivity contribution < 1.29 is 19.1 Å². The summed E-state index contributed by atoms with van der Waals surface area (Å²) < 4.78 is 11.0. The molecule has 1 fully saturated rings. The average molecular weight is 326 g/mol. The average Bonchev–Trinajstić information content (AvgIpc) is 2.89. The lowest BCUT2D eigenvalue weighted by Crippen LogP contribution is -2.48. The van der Waals surface area contributed by atoms with Gasteiger partial charge in [0.05, 0.1) is 7.11 Å². The summed E-state index contributed by atoms with van der Waals surface area (Å²) in [5, 5.41) is 4.97. The van der Waals surface area contributed by atoms with Crippen LogP contribution in [0, 0.1) is 6.92 Å². The van der Waals surface area contributed by atoms with Gasteiger partial charge in [-0.1, -0.05) is 29.8 Å². The van der Waals surface area contributed by atoms with E-state index in [9.17, 15) is 9.59 Å². The van der Waals surface area contributed by atoms with E-state index in [-0.39, 0.29) is 6.61 Å². The maximum atomic E-state index is 12.5. The third kappa shape index (κ3) is 2.90. The largest absolute Gasteiger partial charge is 0.497 e. The Kier molecular flexibility index (Phi) is 4.12. The summed E-state index contributed by atoms with van der Waals surface area (Å²) >= 11 is 0. The second-order valence-electron chi connectivity index (χ2n) is 5.65. The number of aryl methyl sites for hydroxylation is 1. The number of hydrogen-bond acceptors (Lipinski definition) is 4. The maximum absolute atomic E-state index is 12.5. The van der Waals surface area contributed by atoms with Gasteiger partial charge >= 0.3 is 6.03 Å². The van der Waals surface area contributed by atoms with Crippen molar-refractivity contribution in [2.75, 3.05) is 13.7 Å². The molecule has 1 heterocycles. The Morgan fingerprint density at radius 2 is 1.79 bits per heavy atom. The highest BCUT2D eigenvalue weighted by Crippen LogP contribution is 2.29. The molecule has 6 heteroatoms. The van der Waals surface area contributed by atoms with Gasteiger partial charge in [-0.2, -0.15) is 0 Å². The van der Waals surface area contributed by atoms with Crippen molar-refractivity contribution in [2.45, 2.75) is 12.5 Å². The molecule has 0 aromatic heterocycles. The van der Waals surface area contributed by atoms with E-state index >= 15 is 0 Å². The van der Waals surface area contributed by atoms with Gasteiger partial charge in [-0.25, -0.2) is 4.79 Å². The summed E-state index contributed by atoms with van der Waals surface area (Å²) in [6.45, 7) is 1.95. The third-order valence-electron chi connectivity index (χ3n) is 3.98. The second kappa shape index (κ2) is 6.23. The van der Waals surface area contributed by atoms with Gasteiger partial charge in [-0.3, -0.25) is 10.1 Å². The fraction of sp³-hybridized carbons (Fsp3) is 0.222. The second-order valence-corrected chi connectivity index (χ2v) is 5.65. The van der Waals surface area contributed by atoms with Crippen LogP contribution in [0.3, 0.4) is 0 Å². The van der Waals surface area contributed by atoms with Crippen LogP contribution < -0.4 is 20.1 Å². The number of urea groups is 1. The molecule has 1 aliphatic heterocycles. The number of ether oxygens (including phenoxy) is 2. The normalized spacial score (nSPS) is 19.6. The zero-order valence-corrected chi connectivity index (χ0v) is 13.5. The van der Waals surface area contributed by atoms with E-state index in [0.29, 0.717) is 17.1 Å². The van der Waals surface area contributed by atoms with Crippen LogP contribution in [0.2, 0.25) is 0 Å². The van der Waals surface area contributed by atoms with Crippen molar-refractivity contribution in [1.82, 2.24) is 10.6 Å². The van der Waals surface area contributed by atoms with Crippen LogP contribution >= 0.6 is 0 Å². The molecule has 6 nitrogen and oxygen atoms in total. The van der Waals surface area contributed by atoms with Gasteiger partial charge in [0.15, 0.2) is 5.54 Å². The van der Waals surface area contributed by atoms with Crippen molar-refractivity contribution >= 4 is 11.9 Å². The Bertz CT molecular complexity index is 773. The highest BCUT2D eigenvalue weighted by molar-refractivity contribution is 6.07. The number of carbonyl (C=O) groups is 2. The van der Waals surface area contributed by atoms with Crippen LogP contribution in [0.1, 0.15) is 11.1 Å². The molecule has 0 saturated carbocycles. The Hall–Kier alpha value is -3.02. The van der Waals surface area contributed by atoms with Crippen LogP contribution in [0.25, 0.3) is 0 Å². The highest BCUT2D eigenvalue weighted by Gasteiger charge is 2.48. The van der Waals surface area contributed by atoms with E-state index in [1.807, 2.05) is 31.2 Å². The molecule has 0 aliphatic carbocycles. The van der Waals surface area contributed by atoms with Crippen LogP contribution in [0.5, 0.6) is 11.5 Å². The molecule has 2 N–H and O–H groups in total. The monoisotopic (exact) mass is 326 g/mol. The Morgan fingerprint density at radius 3 is 2.42 bits per heavy atom. The number of imide groups is 1. The van der Waals surface area contributed by atoms with Crippen molar-refractivity contribution in [3.63, 3.8) is 0 Å². The first-order valence-corrected chi connectivity index (χ1v) is 7.51. The van der Waals surface area contributed by atoms with Crippen molar-refractivity contribution in [3.05, 3.63) is 59.7 Å². The van der Waals surface area contributed by atoms with E-state index in [2.05, 4.69) is 10.6 Å². The van der Waals surface area contributed by atoms with E-state index in [1.54, 1.807) is 31.4 Å². The summed E-state index contributed by atoms with van der Waals surface area (Å²) in [7, 11) is 1.54. The van der Waals surface area contributed by atoms with Crippen molar-refractivity contribution in [2.24, 2.45) is 0 Å². The Balaban J connectivity index is 1.92. The fourth-order valence-electron chi connectivity index (χ4n) is 2.59. The molecule has 1 aliphatic rings. The fourth-order valence-corrected chi connectivity index (χ4v) is 2.59. The minimum absolute atomic E-state index is 0.0270. The highest BCUT2D eigenvalue weighted by atomic mass is 16.5. The standard InChI is InChI=1S/C18H18N2O4/c1-12-6-8-14(9-7-12)24-11-18(16(21)19-17(22)20-18)13-4-3-5-15(10-13)23-2/h3-10H,11H2,1-2H3,(H2,19,20,21,22). The van der Waals surface area contributed by atoms with Gasteiger partial charge in [-0.05, 0) is 36.8 Å². The van der Waals surface area contributed by atoms with Gasteiger partial charge in [0.2, 0.25) is 0 Å². The van der Waals surface area contributed by atoms with E-state index in [1.165, 1.54) is 0 Å². The molecule has 0 bridgehead atoms. The predicted molar refractivity (Wildman–Crippen MR) is 88.0 cm³/mol.